The zero-order chi connectivity index (χ0) is 21.5. The molecule has 1 aromatic heterocycles. The molecule has 3 rings (SSSR count). The Balaban J connectivity index is 2.31. The number of nitrogens with zero attached hydrogens (tertiary/aromatic N) is 1. The van der Waals surface area contributed by atoms with Gasteiger partial charge in [0.15, 0.2) is 6.20 Å². The summed E-state index contributed by atoms with van der Waals surface area (Å²) in [7, 11) is 0.509. The van der Waals surface area contributed by atoms with Crippen molar-refractivity contribution in [3.63, 3.8) is 0 Å². The van der Waals surface area contributed by atoms with Crippen LogP contribution in [0.25, 0.3) is 22.0 Å². The average molecular weight is 405 g/mol. The quantitative estimate of drug-likeness (QED) is 0.324. The molecule has 0 saturated carbocycles. The maximum Gasteiger partial charge on any atom is 0.220 e. The summed E-state index contributed by atoms with van der Waals surface area (Å²) in [4.78, 5) is 0. The zero-order valence-corrected chi connectivity index (χ0v) is 20.8. The number of rotatable bonds is 5. The predicted octanol–water partition coefficient (Wildman–Crippen LogP) is 6.83. The Morgan fingerprint density at radius 3 is 1.97 bits per heavy atom. The standard InChI is InChI=1S/C27H38NSi/c1-18(2)29(19(3)4,20(5)6)24-12-13-25-23(17-24)14-15-28(9)27(25)26-16-21(7)10-11-22(26)8/h10-20H,1-9H3/q+1. The van der Waals surface area contributed by atoms with E-state index in [4.69, 9.17) is 0 Å². The third kappa shape index (κ3) is 3.57. The molecule has 2 aromatic carbocycles. The molecule has 0 spiro atoms. The van der Waals surface area contributed by atoms with Crippen molar-refractivity contribution in [3.8, 4) is 11.3 Å². The molecule has 3 aromatic rings. The molecule has 1 nitrogen and oxygen atoms in total. The molecule has 0 fully saturated rings. The molecule has 154 valence electrons. The molecular weight excluding hydrogens is 366 g/mol. The number of hydrogen-bond donors (Lipinski definition) is 0. The van der Waals surface area contributed by atoms with Crippen molar-refractivity contribution in [1.82, 2.24) is 0 Å². The first-order valence-electron chi connectivity index (χ1n) is 11.1. The van der Waals surface area contributed by atoms with E-state index in [2.05, 4.69) is 116 Å². The SMILES string of the molecule is Cc1ccc(C)c(-c2c3ccc([Si](C(C)C)(C(C)C)C(C)C)cc3cc[n+]2C)c1. The summed E-state index contributed by atoms with van der Waals surface area (Å²) in [6.07, 6.45) is 2.23. The van der Waals surface area contributed by atoms with Crippen LogP contribution in [-0.2, 0) is 7.05 Å². The van der Waals surface area contributed by atoms with Gasteiger partial charge in [-0.2, -0.15) is 0 Å². The van der Waals surface area contributed by atoms with Crippen LogP contribution in [0.2, 0.25) is 16.6 Å². The van der Waals surface area contributed by atoms with Gasteiger partial charge in [-0.1, -0.05) is 76.6 Å². The molecule has 0 aliphatic rings. The lowest BCUT2D eigenvalue weighted by molar-refractivity contribution is -0.659. The Hall–Kier alpha value is -1.93. The monoisotopic (exact) mass is 404 g/mol. The fourth-order valence-electron chi connectivity index (χ4n) is 5.97. The van der Waals surface area contributed by atoms with Crippen LogP contribution in [0, 0.1) is 13.8 Å². The van der Waals surface area contributed by atoms with Gasteiger partial charge in [0.25, 0.3) is 0 Å². The molecule has 1 heterocycles. The van der Waals surface area contributed by atoms with Crippen molar-refractivity contribution in [3.05, 3.63) is 59.8 Å². The van der Waals surface area contributed by atoms with Crippen LogP contribution in [0.15, 0.2) is 48.7 Å². The fraction of sp³-hybridized carbons (Fsp3) is 0.444. The van der Waals surface area contributed by atoms with E-state index in [1.165, 1.54) is 33.2 Å². The minimum atomic E-state index is -1.66. The van der Waals surface area contributed by atoms with Crippen molar-refractivity contribution >= 4 is 24.0 Å². The van der Waals surface area contributed by atoms with Gasteiger partial charge < -0.3 is 0 Å². The second-order valence-corrected chi connectivity index (χ2v) is 15.7. The van der Waals surface area contributed by atoms with Crippen LogP contribution in [0.1, 0.15) is 52.7 Å². The third-order valence-electron chi connectivity index (χ3n) is 7.15. The summed E-state index contributed by atoms with van der Waals surface area (Å²) in [5, 5.41) is 4.34. The van der Waals surface area contributed by atoms with Crippen LogP contribution in [0.3, 0.4) is 0 Å². The Bertz CT molecular complexity index is 1010. The predicted molar refractivity (Wildman–Crippen MR) is 131 cm³/mol. The van der Waals surface area contributed by atoms with Crippen molar-refractivity contribution in [1.29, 1.82) is 0 Å². The summed E-state index contributed by atoms with van der Waals surface area (Å²) in [6.45, 7) is 19.1. The molecule has 0 aliphatic heterocycles. The topological polar surface area (TPSA) is 3.88 Å². The van der Waals surface area contributed by atoms with E-state index in [9.17, 15) is 0 Å². The highest BCUT2D eigenvalue weighted by atomic mass is 28.3. The number of aryl methyl sites for hydroxylation is 3. The molecule has 0 aliphatic carbocycles. The average Bonchev–Trinajstić information content (AvgIpc) is 2.63. The summed E-state index contributed by atoms with van der Waals surface area (Å²) < 4.78 is 2.28. The Labute approximate surface area is 178 Å². The smallest absolute Gasteiger partial charge is 0.200 e. The zero-order valence-electron chi connectivity index (χ0n) is 19.8. The normalized spacial score (nSPS) is 12.6. The van der Waals surface area contributed by atoms with Crippen molar-refractivity contribution in [2.45, 2.75) is 72.0 Å². The van der Waals surface area contributed by atoms with E-state index in [0.717, 1.165) is 16.6 Å². The third-order valence-corrected chi connectivity index (χ3v) is 14.2. The second kappa shape index (κ2) is 8.06. The first-order chi connectivity index (χ1) is 13.6. The lowest BCUT2D eigenvalue weighted by Gasteiger charge is -2.43. The highest BCUT2D eigenvalue weighted by Gasteiger charge is 2.44. The molecule has 2 heteroatoms. The van der Waals surface area contributed by atoms with E-state index in [-0.39, 0.29) is 0 Å². The van der Waals surface area contributed by atoms with E-state index in [0.29, 0.717) is 0 Å². The summed E-state index contributed by atoms with van der Waals surface area (Å²) in [6, 6.07) is 16.5. The van der Waals surface area contributed by atoms with Crippen LogP contribution in [0.5, 0.6) is 0 Å². The molecule has 0 saturated heterocycles. The number of fused-ring (bicyclic) bond motifs is 1. The summed E-state index contributed by atoms with van der Waals surface area (Å²) in [5.74, 6) is 0. The van der Waals surface area contributed by atoms with Crippen LogP contribution in [-0.4, -0.2) is 8.07 Å². The molecule has 0 radical (unpaired) electrons. The van der Waals surface area contributed by atoms with Crippen LogP contribution >= 0.6 is 0 Å². The highest BCUT2D eigenvalue weighted by molar-refractivity contribution is 6.95. The number of hydrogen-bond acceptors (Lipinski definition) is 0. The van der Waals surface area contributed by atoms with E-state index >= 15 is 0 Å². The number of benzene rings is 2. The fourth-order valence-corrected chi connectivity index (χ4v) is 12.7. The molecule has 29 heavy (non-hydrogen) atoms. The van der Waals surface area contributed by atoms with Gasteiger partial charge in [0.2, 0.25) is 5.69 Å². The molecule has 0 N–H and O–H groups in total. The molecule has 0 atom stereocenters. The Morgan fingerprint density at radius 1 is 0.759 bits per heavy atom. The Morgan fingerprint density at radius 2 is 1.38 bits per heavy atom. The van der Waals surface area contributed by atoms with Gasteiger partial charge >= 0.3 is 0 Å². The van der Waals surface area contributed by atoms with E-state index in [1.807, 2.05) is 0 Å². The minimum Gasteiger partial charge on any atom is -0.200 e. The van der Waals surface area contributed by atoms with E-state index < -0.39 is 8.07 Å². The lowest BCUT2D eigenvalue weighted by Crippen LogP contribution is -2.55. The number of pyridine rings is 1. The lowest BCUT2D eigenvalue weighted by atomic mass is 9.98. The summed E-state index contributed by atoms with van der Waals surface area (Å²) >= 11 is 0. The van der Waals surface area contributed by atoms with E-state index in [1.54, 1.807) is 5.19 Å². The minimum absolute atomic E-state index is 0.721. The van der Waals surface area contributed by atoms with Crippen molar-refractivity contribution < 1.29 is 4.57 Å². The molecular formula is C27H38NSi+. The van der Waals surface area contributed by atoms with Crippen LogP contribution < -0.4 is 9.75 Å². The van der Waals surface area contributed by atoms with Gasteiger partial charge in [-0.15, -0.1) is 0 Å². The van der Waals surface area contributed by atoms with Gasteiger partial charge in [0.05, 0.1) is 13.5 Å². The number of aromatic nitrogens is 1. The van der Waals surface area contributed by atoms with Crippen molar-refractivity contribution in [2.24, 2.45) is 7.05 Å². The highest BCUT2D eigenvalue weighted by Crippen LogP contribution is 2.41. The molecule has 0 amide bonds. The van der Waals surface area contributed by atoms with Crippen molar-refractivity contribution in [2.75, 3.05) is 0 Å². The summed E-state index contributed by atoms with van der Waals surface area (Å²) in [5.41, 5.74) is 7.46. The second-order valence-electron chi connectivity index (χ2n) is 9.79. The first-order valence-corrected chi connectivity index (χ1v) is 13.3. The molecule has 0 bridgehead atoms. The van der Waals surface area contributed by atoms with Crippen LogP contribution in [0.4, 0.5) is 0 Å². The van der Waals surface area contributed by atoms with Gasteiger partial charge in [-0.05, 0) is 53.6 Å². The van der Waals surface area contributed by atoms with Gasteiger partial charge in [0.1, 0.15) is 7.05 Å². The Kier molecular flexibility index (Phi) is 6.05. The van der Waals surface area contributed by atoms with Gasteiger partial charge in [0, 0.05) is 11.6 Å². The largest absolute Gasteiger partial charge is 0.220 e. The van der Waals surface area contributed by atoms with Gasteiger partial charge in [-0.25, -0.2) is 4.57 Å². The maximum atomic E-state index is 2.52. The molecule has 0 unspecified atom stereocenters. The maximum absolute atomic E-state index is 2.52. The van der Waals surface area contributed by atoms with Gasteiger partial charge in [-0.3, -0.25) is 0 Å². The first kappa shape index (κ1) is 21.8.